The Morgan fingerprint density at radius 3 is 2.50 bits per heavy atom. The second-order valence-electron chi connectivity index (χ2n) is 4.89. The van der Waals surface area contributed by atoms with Crippen LogP contribution in [0.3, 0.4) is 0 Å². The number of carbonyl (C=O) groups excluding carboxylic acids is 1. The lowest BCUT2D eigenvalue weighted by Crippen LogP contribution is -2.22. The summed E-state index contributed by atoms with van der Waals surface area (Å²) in [5.41, 5.74) is 3.68. The van der Waals surface area contributed by atoms with Crippen molar-refractivity contribution < 1.29 is 4.79 Å². The van der Waals surface area contributed by atoms with Crippen LogP contribution in [0.1, 0.15) is 35.5 Å². The summed E-state index contributed by atoms with van der Waals surface area (Å²) in [4.78, 5) is 13.3. The molecule has 0 aliphatic heterocycles. The molecule has 0 aliphatic rings. The molecule has 1 heterocycles. The highest BCUT2D eigenvalue weighted by atomic mass is 16.1. The molecule has 0 saturated carbocycles. The molecule has 0 bridgehead atoms. The Bertz CT molecular complexity index is 612. The molecule has 2 aromatic rings. The predicted octanol–water partition coefficient (Wildman–Crippen LogP) is 3.15. The number of hydrogen-bond donors (Lipinski definition) is 0. The third kappa shape index (κ3) is 2.59. The number of aryl methyl sites for hydroxylation is 2. The van der Waals surface area contributed by atoms with Gasteiger partial charge in [0.2, 0.25) is 0 Å². The van der Waals surface area contributed by atoms with Gasteiger partial charge in [-0.1, -0.05) is 6.07 Å². The largest absolute Gasteiger partial charge is 0.356 e. The minimum Gasteiger partial charge on any atom is -0.356 e. The first-order valence-corrected chi connectivity index (χ1v) is 6.98. The molecule has 0 atom stereocenters. The van der Waals surface area contributed by atoms with Gasteiger partial charge < -0.3 is 4.90 Å². The van der Waals surface area contributed by atoms with E-state index < -0.39 is 0 Å². The fraction of sp³-hybridized carbons (Fsp3) is 0.375. The number of benzene rings is 1. The smallest absolute Gasteiger partial charge is 0.151 e. The molecule has 20 heavy (non-hydrogen) atoms. The number of aldehydes is 1. The van der Waals surface area contributed by atoms with Crippen molar-refractivity contribution >= 4 is 12.1 Å². The van der Waals surface area contributed by atoms with Crippen molar-refractivity contribution in [3.05, 3.63) is 41.1 Å². The molecule has 0 aliphatic carbocycles. The minimum absolute atomic E-state index is 0.710. The highest BCUT2D eigenvalue weighted by molar-refractivity contribution is 5.78. The number of anilines is 1. The van der Waals surface area contributed by atoms with Gasteiger partial charge in [0.15, 0.2) is 5.82 Å². The molecule has 0 radical (unpaired) electrons. The van der Waals surface area contributed by atoms with E-state index in [-0.39, 0.29) is 0 Å². The molecule has 0 unspecified atom stereocenters. The topological polar surface area (TPSA) is 38.1 Å². The number of nitrogens with zero attached hydrogens (tertiary/aromatic N) is 3. The Kier molecular flexibility index (Phi) is 4.23. The van der Waals surface area contributed by atoms with Crippen molar-refractivity contribution in [3.63, 3.8) is 0 Å². The Morgan fingerprint density at radius 1 is 1.20 bits per heavy atom. The summed E-state index contributed by atoms with van der Waals surface area (Å²) in [6, 6.07) is 7.91. The molecule has 4 heteroatoms. The van der Waals surface area contributed by atoms with Crippen LogP contribution >= 0.6 is 0 Å². The minimum atomic E-state index is 0.710. The summed E-state index contributed by atoms with van der Waals surface area (Å²) in [5, 5.41) is 4.65. The van der Waals surface area contributed by atoms with Crippen LogP contribution in [0, 0.1) is 13.8 Å². The zero-order chi connectivity index (χ0) is 14.7. The van der Waals surface area contributed by atoms with Crippen molar-refractivity contribution in [2.24, 2.45) is 0 Å². The summed E-state index contributed by atoms with van der Waals surface area (Å²) in [6.45, 7) is 10.1. The monoisotopic (exact) mass is 271 g/mol. The molecule has 1 aromatic carbocycles. The van der Waals surface area contributed by atoms with Crippen LogP contribution in [0.15, 0.2) is 24.3 Å². The van der Waals surface area contributed by atoms with Gasteiger partial charge in [0.05, 0.1) is 5.69 Å². The van der Waals surface area contributed by atoms with Crippen LogP contribution in [0.25, 0.3) is 5.69 Å². The van der Waals surface area contributed by atoms with Crippen molar-refractivity contribution in [3.8, 4) is 5.69 Å². The van der Waals surface area contributed by atoms with Crippen molar-refractivity contribution in [2.75, 3.05) is 18.0 Å². The van der Waals surface area contributed by atoms with Gasteiger partial charge in [-0.3, -0.25) is 4.79 Å². The molecule has 1 aromatic heterocycles. The highest BCUT2D eigenvalue weighted by Crippen LogP contribution is 2.19. The van der Waals surface area contributed by atoms with E-state index in [0.29, 0.717) is 5.56 Å². The van der Waals surface area contributed by atoms with Gasteiger partial charge >= 0.3 is 0 Å². The quantitative estimate of drug-likeness (QED) is 0.784. The van der Waals surface area contributed by atoms with E-state index in [1.807, 2.05) is 36.7 Å². The lowest BCUT2D eigenvalue weighted by atomic mass is 10.1. The molecule has 4 nitrogen and oxygen atoms in total. The third-order valence-corrected chi connectivity index (χ3v) is 3.60. The van der Waals surface area contributed by atoms with Crippen LogP contribution in [0.4, 0.5) is 5.82 Å². The molecule has 106 valence electrons. The number of aromatic nitrogens is 2. The van der Waals surface area contributed by atoms with Crippen molar-refractivity contribution in [1.29, 1.82) is 0 Å². The van der Waals surface area contributed by atoms with Crippen molar-refractivity contribution in [2.45, 2.75) is 27.7 Å². The maximum atomic E-state index is 11.1. The number of hydrogen-bond acceptors (Lipinski definition) is 3. The van der Waals surface area contributed by atoms with Crippen LogP contribution in [0.5, 0.6) is 0 Å². The fourth-order valence-electron chi connectivity index (χ4n) is 2.31. The fourth-order valence-corrected chi connectivity index (χ4v) is 2.31. The summed E-state index contributed by atoms with van der Waals surface area (Å²) in [7, 11) is 0. The first-order chi connectivity index (χ1) is 9.60. The first-order valence-electron chi connectivity index (χ1n) is 6.98. The Morgan fingerprint density at radius 2 is 1.90 bits per heavy atom. The molecule has 0 spiro atoms. The van der Waals surface area contributed by atoms with Gasteiger partial charge in [-0.2, -0.15) is 5.10 Å². The van der Waals surface area contributed by atoms with Crippen LogP contribution < -0.4 is 4.90 Å². The lowest BCUT2D eigenvalue weighted by Gasteiger charge is -2.17. The normalized spacial score (nSPS) is 10.6. The van der Waals surface area contributed by atoms with Crippen LogP contribution in [-0.4, -0.2) is 29.2 Å². The van der Waals surface area contributed by atoms with E-state index in [1.165, 1.54) is 0 Å². The summed E-state index contributed by atoms with van der Waals surface area (Å²) in [5.74, 6) is 0.973. The van der Waals surface area contributed by atoms with Gasteiger partial charge in [0, 0.05) is 30.4 Å². The Balaban J connectivity index is 2.45. The zero-order valence-electron chi connectivity index (χ0n) is 12.6. The van der Waals surface area contributed by atoms with E-state index in [2.05, 4.69) is 29.9 Å². The first kappa shape index (κ1) is 14.3. The highest BCUT2D eigenvalue weighted by Gasteiger charge is 2.11. The van der Waals surface area contributed by atoms with Crippen LogP contribution in [0.2, 0.25) is 0 Å². The second kappa shape index (κ2) is 5.90. The van der Waals surface area contributed by atoms with E-state index in [1.54, 1.807) is 0 Å². The average molecular weight is 271 g/mol. The zero-order valence-corrected chi connectivity index (χ0v) is 12.6. The van der Waals surface area contributed by atoms with Gasteiger partial charge in [-0.05, 0) is 45.4 Å². The van der Waals surface area contributed by atoms with E-state index in [0.717, 1.165) is 42.1 Å². The summed E-state index contributed by atoms with van der Waals surface area (Å²) < 4.78 is 1.89. The lowest BCUT2D eigenvalue weighted by molar-refractivity contribution is 0.112. The molecule has 0 fully saturated rings. The SMILES string of the molecule is CCN(CC)c1cc(C)n(-c2ccc(C)c(C=O)c2)n1. The average Bonchev–Trinajstić information content (AvgIpc) is 2.83. The van der Waals surface area contributed by atoms with E-state index in [4.69, 9.17) is 0 Å². The maximum absolute atomic E-state index is 11.1. The van der Waals surface area contributed by atoms with Gasteiger partial charge in [-0.25, -0.2) is 4.68 Å². The van der Waals surface area contributed by atoms with E-state index in [9.17, 15) is 4.79 Å². The van der Waals surface area contributed by atoms with Gasteiger partial charge in [0.25, 0.3) is 0 Å². The molecule has 0 saturated heterocycles. The summed E-state index contributed by atoms with van der Waals surface area (Å²) >= 11 is 0. The standard InChI is InChI=1S/C16H21N3O/c1-5-18(6-2)16-9-13(4)19(17-16)15-8-7-12(3)14(10-15)11-20/h7-11H,5-6H2,1-4H3. The third-order valence-electron chi connectivity index (χ3n) is 3.60. The molecule has 0 N–H and O–H groups in total. The summed E-state index contributed by atoms with van der Waals surface area (Å²) in [6.07, 6.45) is 0.892. The molecule has 0 amide bonds. The number of carbonyl (C=O) groups is 1. The van der Waals surface area contributed by atoms with Crippen LogP contribution in [-0.2, 0) is 0 Å². The van der Waals surface area contributed by atoms with Crippen molar-refractivity contribution in [1.82, 2.24) is 9.78 Å². The maximum Gasteiger partial charge on any atom is 0.151 e. The molecule has 2 rings (SSSR count). The Hall–Kier alpha value is -2.10. The Labute approximate surface area is 120 Å². The van der Waals surface area contributed by atoms with Gasteiger partial charge in [0.1, 0.15) is 6.29 Å². The molecular weight excluding hydrogens is 250 g/mol. The second-order valence-corrected chi connectivity index (χ2v) is 4.89. The predicted molar refractivity (Wildman–Crippen MR) is 82.0 cm³/mol. The number of rotatable bonds is 5. The van der Waals surface area contributed by atoms with Gasteiger partial charge in [-0.15, -0.1) is 0 Å². The van der Waals surface area contributed by atoms with E-state index >= 15 is 0 Å². The molecular formula is C16H21N3O.